The molecule has 4 heteroatoms. The monoisotopic (exact) mass is 305 g/mol. The quantitative estimate of drug-likeness (QED) is 0.788. The molecular weight excluding hydrogens is 282 g/mol. The van der Waals surface area contributed by atoms with Crippen molar-refractivity contribution in [3.05, 3.63) is 42.0 Å². The van der Waals surface area contributed by atoms with E-state index in [-0.39, 0.29) is 0 Å². The number of benzene rings is 1. The molecular formula is C17H23NO2S. The van der Waals surface area contributed by atoms with Gasteiger partial charge in [0.2, 0.25) is 10.0 Å². The molecule has 0 amide bonds. The van der Waals surface area contributed by atoms with Crippen molar-refractivity contribution in [3.63, 3.8) is 0 Å². The van der Waals surface area contributed by atoms with E-state index in [0.717, 1.165) is 5.56 Å². The van der Waals surface area contributed by atoms with Crippen molar-refractivity contribution >= 4 is 10.0 Å². The molecule has 1 aromatic rings. The zero-order valence-electron chi connectivity index (χ0n) is 12.9. The summed E-state index contributed by atoms with van der Waals surface area (Å²) in [5.41, 5.74) is 1.08. The Morgan fingerprint density at radius 3 is 2.38 bits per heavy atom. The van der Waals surface area contributed by atoms with Gasteiger partial charge in [0.05, 0.1) is 4.90 Å². The van der Waals surface area contributed by atoms with Crippen LogP contribution in [-0.2, 0) is 10.0 Å². The minimum atomic E-state index is -3.36. The molecule has 1 heterocycles. The van der Waals surface area contributed by atoms with Crippen LogP contribution in [-0.4, -0.2) is 25.8 Å². The maximum absolute atomic E-state index is 12.8. The highest BCUT2D eigenvalue weighted by atomic mass is 32.2. The van der Waals surface area contributed by atoms with Gasteiger partial charge in [-0.15, -0.1) is 0 Å². The predicted octanol–water partition coefficient (Wildman–Crippen LogP) is 3.07. The number of aryl methyl sites for hydroxylation is 1. The molecule has 1 fully saturated rings. The summed E-state index contributed by atoms with van der Waals surface area (Å²) < 4.78 is 27.2. The van der Waals surface area contributed by atoms with Crippen molar-refractivity contribution in [1.82, 2.24) is 4.31 Å². The van der Waals surface area contributed by atoms with Crippen LogP contribution < -0.4 is 0 Å². The molecule has 0 saturated carbocycles. The molecule has 0 radical (unpaired) electrons. The highest BCUT2D eigenvalue weighted by Crippen LogP contribution is 2.40. The van der Waals surface area contributed by atoms with Crippen LogP contribution in [0.3, 0.4) is 0 Å². The second kappa shape index (κ2) is 5.25. The van der Waals surface area contributed by atoms with Crippen LogP contribution in [0.4, 0.5) is 0 Å². The van der Waals surface area contributed by atoms with Gasteiger partial charge in [0, 0.05) is 13.1 Å². The normalized spacial score (nSPS) is 33.1. The second-order valence-corrected chi connectivity index (χ2v) is 8.50. The van der Waals surface area contributed by atoms with Gasteiger partial charge in [0.15, 0.2) is 0 Å². The number of hydrogen-bond donors (Lipinski definition) is 0. The van der Waals surface area contributed by atoms with Crippen molar-refractivity contribution in [2.24, 2.45) is 23.7 Å². The third-order valence-corrected chi connectivity index (χ3v) is 7.05. The molecule has 0 spiro atoms. The summed E-state index contributed by atoms with van der Waals surface area (Å²) in [7, 11) is -3.36. The van der Waals surface area contributed by atoms with Crippen molar-refractivity contribution < 1.29 is 8.42 Å². The first kappa shape index (κ1) is 14.8. The summed E-state index contributed by atoms with van der Waals surface area (Å²) in [5, 5.41) is 0. The largest absolute Gasteiger partial charge is 0.243 e. The first-order chi connectivity index (χ1) is 9.89. The lowest BCUT2D eigenvalue weighted by atomic mass is 9.74. The molecule has 4 atom stereocenters. The number of fused-ring (bicyclic) bond motifs is 1. The van der Waals surface area contributed by atoms with E-state index in [1.54, 1.807) is 16.4 Å². The van der Waals surface area contributed by atoms with E-state index in [4.69, 9.17) is 0 Å². The van der Waals surface area contributed by atoms with E-state index >= 15 is 0 Å². The smallest absolute Gasteiger partial charge is 0.207 e. The van der Waals surface area contributed by atoms with Crippen molar-refractivity contribution in [3.8, 4) is 0 Å². The maximum Gasteiger partial charge on any atom is 0.243 e. The lowest BCUT2D eigenvalue weighted by molar-refractivity contribution is 0.261. The van der Waals surface area contributed by atoms with Gasteiger partial charge in [-0.1, -0.05) is 43.7 Å². The lowest BCUT2D eigenvalue weighted by Gasteiger charge is -2.31. The number of hydrogen-bond acceptors (Lipinski definition) is 2. The number of allylic oxidation sites excluding steroid dienone is 1. The second-order valence-electron chi connectivity index (χ2n) is 6.57. The van der Waals surface area contributed by atoms with Gasteiger partial charge in [-0.3, -0.25) is 0 Å². The molecule has 1 aromatic carbocycles. The summed E-state index contributed by atoms with van der Waals surface area (Å²) in [6, 6.07) is 7.16. The average Bonchev–Trinajstić information content (AvgIpc) is 2.89. The fourth-order valence-electron chi connectivity index (χ4n) is 3.51. The Balaban J connectivity index is 1.86. The molecule has 0 N–H and O–H groups in total. The zero-order valence-corrected chi connectivity index (χ0v) is 13.7. The van der Waals surface area contributed by atoms with Crippen LogP contribution in [0.1, 0.15) is 19.4 Å². The Labute approximate surface area is 127 Å². The highest BCUT2D eigenvalue weighted by Gasteiger charge is 2.42. The first-order valence-electron chi connectivity index (χ1n) is 7.65. The van der Waals surface area contributed by atoms with E-state index in [2.05, 4.69) is 26.0 Å². The SMILES string of the molecule is Cc1ccc(S(=O)(=O)N2C[C@@H]3[C@@H](C)[C@H](C)C=C[C@@H]3C2)cc1. The maximum atomic E-state index is 12.8. The third kappa shape index (κ3) is 2.55. The highest BCUT2D eigenvalue weighted by molar-refractivity contribution is 7.89. The van der Waals surface area contributed by atoms with Crippen LogP contribution in [0, 0.1) is 30.6 Å². The summed E-state index contributed by atoms with van der Waals surface area (Å²) in [6.07, 6.45) is 4.47. The van der Waals surface area contributed by atoms with Crippen molar-refractivity contribution in [2.45, 2.75) is 25.7 Å². The van der Waals surface area contributed by atoms with Crippen LogP contribution in [0.2, 0.25) is 0 Å². The summed E-state index contributed by atoms with van der Waals surface area (Å²) in [4.78, 5) is 0.413. The number of rotatable bonds is 2. The molecule has 0 unspecified atom stereocenters. The number of sulfonamides is 1. The van der Waals surface area contributed by atoms with Gasteiger partial charge >= 0.3 is 0 Å². The van der Waals surface area contributed by atoms with Crippen molar-refractivity contribution in [1.29, 1.82) is 0 Å². The van der Waals surface area contributed by atoms with Crippen LogP contribution in [0.15, 0.2) is 41.3 Å². The van der Waals surface area contributed by atoms with Gasteiger partial charge in [-0.25, -0.2) is 8.42 Å². The van der Waals surface area contributed by atoms with E-state index in [1.807, 2.05) is 19.1 Å². The van der Waals surface area contributed by atoms with Crippen LogP contribution >= 0.6 is 0 Å². The molecule has 114 valence electrons. The topological polar surface area (TPSA) is 37.4 Å². The molecule has 1 saturated heterocycles. The van der Waals surface area contributed by atoms with Gasteiger partial charge in [0.1, 0.15) is 0 Å². The molecule has 0 aromatic heterocycles. The Morgan fingerprint density at radius 1 is 1.05 bits per heavy atom. The zero-order chi connectivity index (χ0) is 15.2. The minimum absolute atomic E-state index is 0.372. The summed E-state index contributed by atoms with van der Waals surface area (Å²) in [6.45, 7) is 7.70. The molecule has 21 heavy (non-hydrogen) atoms. The Kier molecular flexibility index (Phi) is 3.70. The van der Waals surface area contributed by atoms with Gasteiger partial charge in [-0.2, -0.15) is 4.31 Å². The lowest BCUT2D eigenvalue weighted by Crippen LogP contribution is -2.30. The van der Waals surface area contributed by atoms with Crippen LogP contribution in [0.25, 0.3) is 0 Å². The standard InChI is InChI=1S/C17H23NO2S/c1-12-4-8-16(9-5-12)21(19,20)18-10-15-7-6-13(2)14(3)17(15)11-18/h4-9,13-15,17H,10-11H2,1-3H3/t13-,14+,15-,17-/m1/s1. The Hall–Kier alpha value is -1.13. The molecule has 2 aliphatic rings. The first-order valence-corrected chi connectivity index (χ1v) is 9.09. The molecule has 0 bridgehead atoms. The van der Waals surface area contributed by atoms with Gasteiger partial charge < -0.3 is 0 Å². The average molecular weight is 305 g/mol. The Morgan fingerprint density at radius 2 is 1.71 bits per heavy atom. The van der Waals surface area contributed by atoms with Crippen LogP contribution in [0.5, 0.6) is 0 Å². The predicted molar refractivity (Wildman–Crippen MR) is 84.4 cm³/mol. The molecule has 3 rings (SSSR count). The van der Waals surface area contributed by atoms with Gasteiger partial charge in [-0.05, 0) is 42.7 Å². The third-order valence-electron chi connectivity index (χ3n) is 5.20. The number of nitrogens with zero attached hydrogens (tertiary/aromatic N) is 1. The minimum Gasteiger partial charge on any atom is -0.207 e. The van der Waals surface area contributed by atoms with E-state index in [9.17, 15) is 8.42 Å². The summed E-state index contributed by atoms with van der Waals surface area (Å²) in [5.74, 6) is 1.90. The molecule has 3 nitrogen and oxygen atoms in total. The Bertz CT molecular complexity index is 648. The van der Waals surface area contributed by atoms with E-state index < -0.39 is 10.0 Å². The fraction of sp³-hybridized carbons (Fsp3) is 0.529. The summed E-state index contributed by atoms with van der Waals surface area (Å²) >= 11 is 0. The van der Waals surface area contributed by atoms with Crippen molar-refractivity contribution in [2.75, 3.05) is 13.1 Å². The molecule has 1 aliphatic carbocycles. The van der Waals surface area contributed by atoms with E-state index in [1.165, 1.54) is 0 Å². The fourth-order valence-corrected chi connectivity index (χ4v) is 5.03. The van der Waals surface area contributed by atoms with E-state index in [0.29, 0.717) is 41.7 Å². The molecule has 1 aliphatic heterocycles. The van der Waals surface area contributed by atoms with Gasteiger partial charge in [0.25, 0.3) is 0 Å².